The second-order valence-corrected chi connectivity index (χ2v) is 14.7. The molecule has 0 atom stereocenters. The van der Waals surface area contributed by atoms with Crippen molar-refractivity contribution in [1.82, 2.24) is 19.0 Å². The van der Waals surface area contributed by atoms with Crippen molar-refractivity contribution < 1.29 is 19.1 Å². The van der Waals surface area contributed by atoms with Crippen LogP contribution in [0.25, 0.3) is 21.7 Å². The molecule has 0 bridgehead atoms. The molecule has 3 heterocycles. The first-order valence-electron chi connectivity index (χ1n) is 15.7. The molecule has 4 aromatic rings. The number of carbonyl (C=O) groups is 2. The summed E-state index contributed by atoms with van der Waals surface area (Å²) in [6.45, 7) is 11.9. The Bertz CT molecular complexity index is 1770. The van der Waals surface area contributed by atoms with Gasteiger partial charge >= 0.3 is 12.2 Å². The summed E-state index contributed by atoms with van der Waals surface area (Å²) in [5.74, 6) is 0. The van der Waals surface area contributed by atoms with Gasteiger partial charge in [0.05, 0.1) is 17.4 Å². The summed E-state index contributed by atoms with van der Waals surface area (Å²) in [6, 6.07) is 9.86. The lowest BCUT2D eigenvalue weighted by Crippen LogP contribution is -2.45. The van der Waals surface area contributed by atoms with Gasteiger partial charge in [-0.3, -0.25) is 9.78 Å². The number of ether oxygens (including phenoxy) is 2. The fourth-order valence-corrected chi connectivity index (χ4v) is 6.44. The van der Waals surface area contributed by atoms with Crippen LogP contribution in [-0.4, -0.2) is 55.0 Å². The third-order valence-corrected chi connectivity index (χ3v) is 8.61. The maximum atomic E-state index is 13.7. The molecule has 1 amide bonds. The van der Waals surface area contributed by atoms with E-state index in [2.05, 4.69) is 20.9 Å². The third kappa shape index (κ3) is 7.77. The van der Waals surface area contributed by atoms with E-state index >= 15 is 0 Å². The summed E-state index contributed by atoms with van der Waals surface area (Å²) in [7, 11) is 0. The minimum absolute atomic E-state index is 0.107. The Balaban J connectivity index is 1.49. The van der Waals surface area contributed by atoms with Gasteiger partial charge in [-0.25, -0.2) is 14.2 Å². The first-order chi connectivity index (χ1) is 21.2. The van der Waals surface area contributed by atoms with E-state index in [1.165, 1.54) is 6.42 Å². The Morgan fingerprint density at radius 2 is 1.67 bits per heavy atom. The highest BCUT2D eigenvalue weighted by Gasteiger charge is 2.30. The van der Waals surface area contributed by atoms with Gasteiger partial charge in [0.25, 0.3) is 5.56 Å². The Labute approximate surface area is 272 Å². The van der Waals surface area contributed by atoms with Crippen LogP contribution in [0.1, 0.15) is 84.9 Å². The van der Waals surface area contributed by atoms with E-state index in [-0.39, 0.29) is 17.7 Å². The molecule has 1 fully saturated rings. The molecule has 10 heteroatoms. The first kappa shape index (κ1) is 32.7. The summed E-state index contributed by atoms with van der Waals surface area (Å²) < 4.78 is 15.7. The van der Waals surface area contributed by atoms with E-state index in [0.29, 0.717) is 30.4 Å². The number of fused-ring (bicyclic) bond motifs is 2. The van der Waals surface area contributed by atoms with Gasteiger partial charge in [-0.05, 0) is 94.1 Å². The fourth-order valence-electron chi connectivity index (χ4n) is 5.97. The Kier molecular flexibility index (Phi) is 9.44. The third-order valence-electron chi connectivity index (χ3n) is 7.98. The molecule has 1 aromatic carbocycles. The van der Waals surface area contributed by atoms with Crippen LogP contribution < -0.4 is 5.56 Å². The molecule has 240 valence electrons. The van der Waals surface area contributed by atoms with Gasteiger partial charge in [0.1, 0.15) is 11.2 Å². The largest absolute Gasteiger partial charge is 0.444 e. The first-order valence-corrected chi connectivity index (χ1v) is 16.5. The van der Waals surface area contributed by atoms with Crippen molar-refractivity contribution in [3.63, 3.8) is 0 Å². The van der Waals surface area contributed by atoms with Crippen molar-refractivity contribution in [2.75, 3.05) is 6.54 Å². The normalized spacial score (nSPS) is 14.6. The van der Waals surface area contributed by atoms with Crippen molar-refractivity contribution in [3.8, 4) is 0 Å². The van der Waals surface area contributed by atoms with Crippen molar-refractivity contribution in [2.45, 2.75) is 104 Å². The summed E-state index contributed by atoms with van der Waals surface area (Å²) in [4.78, 5) is 46.4. The van der Waals surface area contributed by atoms with Gasteiger partial charge in [-0.15, -0.1) is 0 Å². The standard InChI is InChI=1S/C35H43BrN4O5/c1-34(2,3)44-32(42)39(25-10-8-7-9-11-25)17-14-26-19-24-13-12-23(18-30(24)40(26)33(43)45-35(4,5)6)22-38-16-15-27-28(31(38)41)20-37-21-29(27)36/h12-13,15-16,18-21,25H,7-11,14,17,22H2,1-6H3. The van der Waals surface area contributed by atoms with E-state index in [0.717, 1.165) is 52.2 Å². The molecule has 9 nitrogen and oxygen atoms in total. The zero-order valence-electron chi connectivity index (χ0n) is 27.1. The number of halogens is 1. The molecule has 5 rings (SSSR count). The van der Waals surface area contributed by atoms with Crippen LogP contribution in [0.15, 0.2) is 58.2 Å². The van der Waals surface area contributed by atoms with Crippen molar-refractivity contribution in [2.24, 2.45) is 0 Å². The topological polar surface area (TPSA) is 95.7 Å². The minimum Gasteiger partial charge on any atom is -0.444 e. The molecule has 0 spiro atoms. The zero-order valence-corrected chi connectivity index (χ0v) is 28.6. The number of hydrogen-bond donors (Lipinski definition) is 0. The van der Waals surface area contributed by atoms with Gasteiger partial charge in [0, 0.05) is 58.5 Å². The molecule has 3 aromatic heterocycles. The molecule has 1 aliphatic rings. The van der Waals surface area contributed by atoms with Crippen LogP contribution in [0, 0.1) is 0 Å². The van der Waals surface area contributed by atoms with Crippen molar-refractivity contribution in [1.29, 1.82) is 0 Å². The van der Waals surface area contributed by atoms with Crippen LogP contribution in [0.2, 0.25) is 0 Å². The van der Waals surface area contributed by atoms with Crippen LogP contribution in [0.4, 0.5) is 9.59 Å². The van der Waals surface area contributed by atoms with Crippen LogP contribution >= 0.6 is 15.9 Å². The summed E-state index contributed by atoms with van der Waals surface area (Å²) >= 11 is 3.47. The highest BCUT2D eigenvalue weighted by atomic mass is 79.9. The zero-order chi connectivity index (χ0) is 32.5. The quantitative estimate of drug-likeness (QED) is 0.205. The maximum absolute atomic E-state index is 13.7. The average molecular weight is 680 g/mol. The summed E-state index contributed by atoms with van der Waals surface area (Å²) in [5, 5.41) is 2.21. The number of aromatic nitrogens is 3. The number of rotatable bonds is 6. The van der Waals surface area contributed by atoms with Gasteiger partial charge < -0.3 is 18.9 Å². The number of benzene rings is 1. The molecule has 1 saturated carbocycles. The molecule has 1 aliphatic carbocycles. The number of carbonyl (C=O) groups excluding carboxylic acids is 2. The average Bonchev–Trinajstić information content (AvgIpc) is 3.31. The second-order valence-electron chi connectivity index (χ2n) is 13.9. The van der Waals surface area contributed by atoms with E-state index in [4.69, 9.17) is 9.47 Å². The van der Waals surface area contributed by atoms with E-state index in [1.807, 2.05) is 76.8 Å². The highest BCUT2D eigenvalue weighted by Crippen LogP contribution is 2.28. The lowest BCUT2D eigenvalue weighted by atomic mass is 9.94. The number of amides is 1. The van der Waals surface area contributed by atoms with E-state index < -0.39 is 17.3 Å². The smallest absolute Gasteiger partial charge is 0.419 e. The van der Waals surface area contributed by atoms with Gasteiger partial charge in [0.15, 0.2) is 0 Å². The molecule has 0 aliphatic heterocycles. The molecule has 0 N–H and O–H groups in total. The van der Waals surface area contributed by atoms with Gasteiger partial charge in [-0.1, -0.05) is 31.4 Å². The molecule has 0 radical (unpaired) electrons. The van der Waals surface area contributed by atoms with Crippen LogP contribution in [-0.2, 0) is 22.4 Å². The highest BCUT2D eigenvalue weighted by molar-refractivity contribution is 9.10. The molecular weight excluding hydrogens is 636 g/mol. The van der Waals surface area contributed by atoms with E-state index in [1.54, 1.807) is 27.7 Å². The number of pyridine rings is 2. The predicted octanol–water partition coefficient (Wildman–Crippen LogP) is 8.06. The second kappa shape index (κ2) is 13.0. The molecular formula is C35H43BrN4O5. The lowest BCUT2D eigenvalue weighted by molar-refractivity contribution is 0.0124. The predicted molar refractivity (Wildman–Crippen MR) is 180 cm³/mol. The minimum atomic E-state index is -0.700. The number of hydrogen-bond acceptors (Lipinski definition) is 6. The fraction of sp³-hybridized carbons (Fsp3) is 0.486. The summed E-state index contributed by atoms with van der Waals surface area (Å²) in [6.07, 6.45) is 9.90. The number of nitrogens with zero attached hydrogens (tertiary/aromatic N) is 4. The van der Waals surface area contributed by atoms with Crippen LogP contribution in [0.3, 0.4) is 0 Å². The molecule has 0 unspecified atom stereocenters. The van der Waals surface area contributed by atoms with Gasteiger partial charge in [-0.2, -0.15) is 0 Å². The maximum Gasteiger partial charge on any atom is 0.419 e. The Morgan fingerprint density at radius 1 is 0.956 bits per heavy atom. The Hall–Kier alpha value is -3.66. The van der Waals surface area contributed by atoms with Crippen molar-refractivity contribution in [3.05, 3.63) is 75.0 Å². The SMILES string of the molecule is CC(C)(C)OC(=O)N(CCc1cc2ccc(Cn3ccc4c(Br)cncc4c3=O)cc2n1C(=O)OC(C)(C)C)C1CCCCC1. The lowest BCUT2D eigenvalue weighted by Gasteiger charge is -2.35. The van der Waals surface area contributed by atoms with E-state index in [9.17, 15) is 14.4 Å². The Morgan fingerprint density at radius 3 is 2.36 bits per heavy atom. The van der Waals surface area contributed by atoms with Crippen LogP contribution in [0.5, 0.6) is 0 Å². The van der Waals surface area contributed by atoms with Crippen molar-refractivity contribution >= 4 is 49.8 Å². The summed E-state index contributed by atoms with van der Waals surface area (Å²) in [5.41, 5.74) is 0.851. The molecule has 45 heavy (non-hydrogen) atoms. The van der Waals surface area contributed by atoms with Gasteiger partial charge in [0.2, 0.25) is 0 Å². The monoisotopic (exact) mass is 678 g/mol. The molecule has 0 saturated heterocycles.